The van der Waals surface area contributed by atoms with Gasteiger partial charge in [-0.2, -0.15) is 0 Å². The lowest BCUT2D eigenvalue weighted by atomic mass is 10.0. The summed E-state index contributed by atoms with van der Waals surface area (Å²) in [4.78, 5) is 27.2. The second-order valence-electron chi connectivity index (χ2n) is 6.22. The molecule has 0 spiro atoms. The smallest absolute Gasteiger partial charge is 0.277 e. The van der Waals surface area contributed by atoms with Gasteiger partial charge >= 0.3 is 0 Å². The predicted octanol–water partition coefficient (Wildman–Crippen LogP) is 4.45. The fraction of sp³-hybridized carbons (Fsp3) is 0. The highest BCUT2D eigenvalue weighted by molar-refractivity contribution is 7.83. The van der Waals surface area contributed by atoms with Gasteiger partial charge in [0.1, 0.15) is 4.86 Å². The maximum absolute atomic E-state index is 13.3. The van der Waals surface area contributed by atoms with E-state index in [-0.39, 0.29) is 10.4 Å². The van der Waals surface area contributed by atoms with Crippen LogP contribution < -0.4 is 10.2 Å². The van der Waals surface area contributed by atoms with Gasteiger partial charge in [-0.1, -0.05) is 78.9 Å². The largest absolute Gasteiger partial charge is 0.354 e. The first-order valence-electron chi connectivity index (χ1n) is 8.77. The van der Waals surface area contributed by atoms with E-state index in [1.165, 1.54) is 0 Å². The second kappa shape index (κ2) is 7.58. The second-order valence-corrected chi connectivity index (χ2v) is 6.63. The third-order valence-corrected chi connectivity index (χ3v) is 4.79. The summed E-state index contributed by atoms with van der Waals surface area (Å²) in [6, 6.07) is 27.7. The summed E-state index contributed by atoms with van der Waals surface area (Å²) in [7, 11) is 0. The maximum Gasteiger partial charge on any atom is 0.277 e. The highest BCUT2D eigenvalue weighted by Crippen LogP contribution is 2.31. The molecule has 0 radical (unpaired) electrons. The molecule has 3 aromatic carbocycles. The van der Waals surface area contributed by atoms with E-state index in [4.69, 9.17) is 12.2 Å². The Hall–Kier alpha value is -3.57. The number of carbonyl (C=O) groups is 2. The Morgan fingerprint density at radius 1 is 0.714 bits per heavy atom. The van der Waals surface area contributed by atoms with Gasteiger partial charge < -0.3 is 5.32 Å². The number of hydrogen-bond acceptors (Lipinski definition) is 4. The minimum Gasteiger partial charge on any atom is -0.354 e. The van der Waals surface area contributed by atoms with Gasteiger partial charge in [0.2, 0.25) is 0 Å². The average Bonchev–Trinajstić information content (AvgIpc) is 2.97. The number of rotatable bonds is 4. The molecule has 1 heterocycles. The number of imide groups is 1. The van der Waals surface area contributed by atoms with Gasteiger partial charge in [-0.25, -0.2) is 4.90 Å². The number of nitrogens with one attached hydrogen (secondary N) is 1. The molecule has 0 saturated carbocycles. The van der Waals surface area contributed by atoms with Crippen LogP contribution in [-0.2, 0) is 9.59 Å². The van der Waals surface area contributed by atoms with Crippen LogP contribution in [-0.4, -0.2) is 16.7 Å². The first-order chi connectivity index (χ1) is 13.7. The average molecular weight is 384 g/mol. The molecule has 0 aliphatic carbocycles. The number of nitrogens with zero attached hydrogens (tertiary/aromatic N) is 1. The van der Waals surface area contributed by atoms with Crippen molar-refractivity contribution in [1.29, 1.82) is 0 Å². The van der Waals surface area contributed by atoms with Crippen molar-refractivity contribution < 1.29 is 9.59 Å². The number of hydrogen-bond donors (Lipinski definition) is 1. The third-order valence-electron chi connectivity index (χ3n) is 4.41. The van der Waals surface area contributed by atoms with Crippen molar-refractivity contribution in [2.75, 3.05) is 10.2 Å². The SMILES string of the molecule is O=C1C(=S)/C(=C(/Nc2ccccc2)c2ccccc2)C(=O)N1c1ccccc1. The molecule has 1 saturated heterocycles. The van der Waals surface area contributed by atoms with Crippen LogP contribution in [0.25, 0.3) is 5.70 Å². The number of anilines is 2. The molecule has 5 heteroatoms. The van der Waals surface area contributed by atoms with Crippen molar-refractivity contribution >= 4 is 46.0 Å². The van der Waals surface area contributed by atoms with E-state index in [9.17, 15) is 9.59 Å². The predicted molar refractivity (Wildman–Crippen MR) is 115 cm³/mol. The van der Waals surface area contributed by atoms with Crippen molar-refractivity contribution in [2.45, 2.75) is 0 Å². The minimum atomic E-state index is -0.482. The Labute approximate surface area is 168 Å². The lowest BCUT2D eigenvalue weighted by Gasteiger charge is -2.15. The zero-order valence-corrected chi connectivity index (χ0v) is 15.6. The van der Waals surface area contributed by atoms with E-state index < -0.39 is 11.8 Å². The van der Waals surface area contributed by atoms with E-state index in [1.807, 2.05) is 66.7 Å². The fourth-order valence-electron chi connectivity index (χ4n) is 3.09. The molecule has 1 N–H and O–H groups in total. The monoisotopic (exact) mass is 384 g/mol. The summed E-state index contributed by atoms with van der Waals surface area (Å²) in [5.41, 5.74) is 2.81. The summed E-state index contributed by atoms with van der Waals surface area (Å²) in [6.45, 7) is 0. The van der Waals surface area contributed by atoms with Crippen molar-refractivity contribution in [1.82, 2.24) is 0 Å². The minimum absolute atomic E-state index is 0.0103. The van der Waals surface area contributed by atoms with Gasteiger partial charge in [-0.3, -0.25) is 9.59 Å². The zero-order chi connectivity index (χ0) is 19.5. The third kappa shape index (κ3) is 3.23. The summed E-state index contributed by atoms with van der Waals surface area (Å²) in [6.07, 6.45) is 0. The van der Waals surface area contributed by atoms with E-state index in [2.05, 4.69) is 5.32 Å². The van der Waals surface area contributed by atoms with E-state index in [0.717, 1.165) is 16.2 Å². The lowest BCUT2D eigenvalue weighted by Crippen LogP contribution is -2.30. The number of carbonyl (C=O) groups excluding carboxylic acids is 2. The van der Waals surface area contributed by atoms with Crippen LogP contribution >= 0.6 is 12.2 Å². The first-order valence-corrected chi connectivity index (χ1v) is 9.17. The van der Waals surface area contributed by atoms with Crippen molar-refractivity contribution in [3.05, 3.63) is 102 Å². The van der Waals surface area contributed by atoms with Gasteiger partial charge in [-0.15, -0.1) is 0 Å². The van der Waals surface area contributed by atoms with Crippen LogP contribution in [0, 0.1) is 0 Å². The molecule has 2 amide bonds. The topological polar surface area (TPSA) is 49.4 Å². The molecule has 0 bridgehead atoms. The molecule has 0 unspecified atom stereocenters. The van der Waals surface area contributed by atoms with Crippen LogP contribution in [0.2, 0.25) is 0 Å². The van der Waals surface area contributed by atoms with Gasteiger partial charge in [0.25, 0.3) is 11.8 Å². The number of para-hydroxylation sites is 2. The molecule has 0 atom stereocenters. The van der Waals surface area contributed by atoms with Crippen LogP contribution in [0.15, 0.2) is 96.6 Å². The molecular weight excluding hydrogens is 368 g/mol. The highest BCUT2D eigenvalue weighted by atomic mass is 32.1. The molecule has 1 aliphatic rings. The van der Waals surface area contributed by atoms with Crippen LogP contribution in [0.1, 0.15) is 5.56 Å². The molecule has 4 nitrogen and oxygen atoms in total. The molecular formula is C23H16N2O2S. The summed E-state index contributed by atoms with van der Waals surface area (Å²) in [5.74, 6) is -0.909. The Morgan fingerprint density at radius 2 is 1.25 bits per heavy atom. The van der Waals surface area contributed by atoms with E-state index >= 15 is 0 Å². The summed E-state index contributed by atoms with van der Waals surface area (Å²) < 4.78 is 0. The van der Waals surface area contributed by atoms with Gasteiger partial charge in [0.15, 0.2) is 0 Å². The van der Waals surface area contributed by atoms with Gasteiger partial charge in [-0.05, 0) is 29.8 Å². The Balaban J connectivity index is 1.87. The standard InChI is InChI=1S/C23H16N2O2S/c26-22-19(21(28)23(27)25(22)18-14-8-3-9-15-18)20(16-10-4-1-5-11-16)24-17-12-6-2-7-13-17/h1-15,24H/b20-19-. The Morgan fingerprint density at radius 3 is 1.86 bits per heavy atom. The zero-order valence-electron chi connectivity index (χ0n) is 14.8. The van der Waals surface area contributed by atoms with E-state index in [0.29, 0.717) is 11.4 Å². The normalized spacial score (nSPS) is 15.7. The molecule has 0 aromatic heterocycles. The summed E-state index contributed by atoms with van der Waals surface area (Å²) >= 11 is 5.40. The number of amides is 2. The maximum atomic E-state index is 13.3. The van der Waals surface area contributed by atoms with Crippen LogP contribution in [0.5, 0.6) is 0 Å². The molecule has 3 aromatic rings. The van der Waals surface area contributed by atoms with E-state index in [1.54, 1.807) is 24.3 Å². The van der Waals surface area contributed by atoms with Gasteiger partial charge in [0, 0.05) is 5.69 Å². The number of benzene rings is 3. The highest BCUT2D eigenvalue weighted by Gasteiger charge is 2.42. The quantitative estimate of drug-likeness (QED) is 0.410. The van der Waals surface area contributed by atoms with Crippen LogP contribution in [0.4, 0.5) is 11.4 Å². The van der Waals surface area contributed by atoms with Crippen LogP contribution in [0.3, 0.4) is 0 Å². The van der Waals surface area contributed by atoms with Gasteiger partial charge in [0.05, 0.1) is 17.0 Å². The molecule has 136 valence electrons. The molecule has 1 aliphatic heterocycles. The molecule has 1 fully saturated rings. The Bertz CT molecular complexity index is 1080. The first kappa shape index (κ1) is 17.8. The fourth-order valence-corrected chi connectivity index (χ4v) is 3.37. The lowest BCUT2D eigenvalue weighted by molar-refractivity contribution is -0.119. The van der Waals surface area contributed by atoms with Crippen molar-refractivity contribution in [2.24, 2.45) is 0 Å². The molecule has 28 heavy (non-hydrogen) atoms. The van der Waals surface area contributed by atoms with Crippen molar-refractivity contribution in [3.63, 3.8) is 0 Å². The Kier molecular flexibility index (Phi) is 4.83. The van der Waals surface area contributed by atoms with Crippen molar-refractivity contribution in [3.8, 4) is 0 Å². The molecule has 4 rings (SSSR count). The number of thiocarbonyl (C=S) groups is 1. The summed E-state index contributed by atoms with van der Waals surface area (Å²) in [5, 5.41) is 3.28.